The van der Waals surface area contributed by atoms with Crippen molar-refractivity contribution in [1.29, 1.82) is 0 Å². The van der Waals surface area contributed by atoms with Gasteiger partial charge in [0, 0.05) is 25.5 Å². The fraction of sp³-hybridized carbons (Fsp3) is 0.429. The van der Waals surface area contributed by atoms with E-state index in [1.54, 1.807) is 36.7 Å². The molecule has 1 aromatic rings. The normalized spacial score (nSPS) is 19.3. The quantitative estimate of drug-likeness (QED) is 0.923. The van der Waals surface area contributed by atoms with Crippen LogP contribution in [0.1, 0.15) is 18.4 Å². The number of hydroxylamine groups is 2. The number of nitrogens with zero attached hydrogens (tertiary/aromatic N) is 2. The van der Waals surface area contributed by atoms with Crippen LogP contribution in [0.2, 0.25) is 0 Å². The van der Waals surface area contributed by atoms with Crippen molar-refractivity contribution in [3.63, 3.8) is 0 Å². The van der Waals surface area contributed by atoms with Crippen molar-refractivity contribution >= 4 is 12.0 Å². The summed E-state index contributed by atoms with van der Waals surface area (Å²) in [6.45, 7) is 0.0536. The molecule has 1 aliphatic heterocycles. The summed E-state index contributed by atoms with van der Waals surface area (Å²) < 4.78 is 36.3. The highest BCUT2D eigenvalue weighted by Gasteiger charge is 2.43. The second-order valence-electron chi connectivity index (χ2n) is 5.02. The Balaban J connectivity index is 1.88. The Hall–Kier alpha value is -1.93. The third-order valence-corrected chi connectivity index (χ3v) is 3.32. The smallest absolute Gasteiger partial charge is 0.386 e. The van der Waals surface area contributed by atoms with E-state index in [1.165, 1.54) is 0 Å². The molecular weight excluding hydrogens is 301 g/mol. The zero-order valence-electron chi connectivity index (χ0n) is 11.6. The summed E-state index contributed by atoms with van der Waals surface area (Å²) in [6.07, 6.45) is 1.87. The van der Waals surface area contributed by atoms with Crippen LogP contribution in [0, 0.1) is 0 Å². The highest BCUT2D eigenvalue weighted by atomic mass is 19.4. The maximum Gasteiger partial charge on any atom is 0.492 e. The second kappa shape index (κ2) is 6.45. The lowest BCUT2D eigenvalue weighted by molar-refractivity contribution is -0.245. The van der Waals surface area contributed by atoms with E-state index in [1.807, 2.05) is 0 Å². The molecule has 0 radical (unpaired) electrons. The zero-order valence-corrected chi connectivity index (χ0v) is 11.6. The van der Waals surface area contributed by atoms with Crippen LogP contribution in [0.15, 0.2) is 30.6 Å². The van der Waals surface area contributed by atoms with Gasteiger partial charge in [0.2, 0.25) is 0 Å². The number of aliphatic hydroxyl groups is 1. The fourth-order valence-corrected chi connectivity index (χ4v) is 2.03. The summed E-state index contributed by atoms with van der Waals surface area (Å²) in [5, 5.41) is 11.3. The second-order valence-corrected chi connectivity index (χ2v) is 5.02. The van der Waals surface area contributed by atoms with Crippen molar-refractivity contribution in [2.75, 3.05) is 13.1 Å². The van der Waals surface area contributed by atoms with Gasteiger partial charge in [0.1, 0.15) is 0 Å². The first kappa shape index (κ1) is 16.4. The van der Waals surface area contributed by atoms with Gasteiger partial charge < -0.3 is 9.94 Å². The highest BCUT2D eigenvalue weighted by Crippen LogP contribution is 2.26. The van der Waals surface area contributed by atoms with Crippen LogP contribution in [0.5, 0.6) is 0 Å². The number of rotatable bonds is 3. The van der Waals surface area contributed by atoms with E-state index in [-0.39, 0.29) is 25.9 Å². The molecule has 0 unspecified atom stereocenters. The number of alkyl halides is 3. The monoisotopic (exact) mass is 316 g/mol. The van der Waals surface area contributed by atoms with Crippen molar-refractivity contribution in [3.05, 3.63) is 36.2 Å². The molecule has 0 aliphatic carbocycles. The van der Waals surface area contributed by atoms with Crippen LogP contribution < -0.4 is 0 Å². The van der Waals surface area contributed by atoms with Crippen molar-refractivity contribution in [2.45, 2.75) is 24.6 Å². The molecule has 2 rings (SSSR count). The third kappa shape index (κ3) is 4.54. The SMILES string of the molecule is O=C(ON1CCC(O)(/C=C/c2ccncc2)CC1)C(F)(F)F. The average molecular weight is 316 g/mol. The van der Waals surface area contributed by atoms with Gasteiger partial charge in [0.15, 0.2) is 0 Å². The zero-order chi connectivity index (χ0) is 16.2. The Morgan fingerprint density at radius 2 is 1.91 bits per heavy atom. The molecule has 0 bridgehead atoms. The van der Waals surface area contributed by atoms with Crippen LogP contribution in [0.3, 0.4) is 0 Å². The van der Waals surface area contributed by atoms with Crippen molar-refractivity contribution < 1.29 is 27.9 Å². The molecule has 0 amide bonds. The average Bonchev–Trinajstić information content (AvgIpc) is 2.48. The summed E-state index contributed by atoms with van der Waals surface area (Å²) in [6, 6.07) is 3.53. The lowest BCUT2D eigenvalue weighted by Gasteiger charge is -2.35. The maximum absolute atomic E-state index is 12.1. The number of piperidine rings is 1. The molecule has 0 spiro atoms. The van der Waals surface area contributed by atoms with Gasteiger partial charge in [0.25, 0.3) is 0 Å². The summed E-state index contributed by atoms with van der Waals surface area (Å²) >= 11 is 0. The fourth-order valence-electron chi connectivity index (χ4n) is 2.03. The summed E-state index contributed by atoms with van der Waals surface area (Å²) in [7, 11) is 0. The highest BCUT2D eigenvalue weighted by molar-refractivity contribution is 5.75. The molecule has 5 nitrogen and oxygen atoms in total. The van der Waals surface area contributed by atoms with Crippen LogP contribution in [0.25, 0.3) is 6.08 Å². The van der Waals surface area contributed by atoms with Gasteiger partial charge in [-0.3, -0.25) is 4.98 Å². The first-order valence-corrected chi connectivity index (χ1v) is 6.64. The Kier molecular flexibility index (Phi) is 4.82. The van der Waals surface area contributed by atoms with Gasteiger partial charge in [-0.15, -0.1) is 5.06 Å². The molecule has 8 heteroatoms. The standard InChI is InChI=1S/C14H15F3N2O3/c15-14(16,17)12(20)22-19-9-5-13(21,6-10-19)4-1-11-2-7-18-8-3-11/h1-4,7-8,21H,5-6,9-10H2/b4-1+. The molecule has 1 aliphatic rings. The molecule has 1 N–H and O–H groups in total. The number of pyridine rings is 1. The van der Waals surface area contributed by atoms with Crippen LogP contribution in [-0.4, -0.2) is 46.0 Å². The minimum Gasteiger partial charge on any atom is -0.386 e. The number of carbonyl (C=O) groups excluding carboxylic acids is 1. The summed E-state index contributed by atoms with van der Waals surface area (Å²) in [4.78, 5) is 18.8. The number of halogens is 3. The predicted molar refractivity (Wildman–Crippen MR) is 71.2 cm³/mol. The van der Waals surface area contributed by atoms with Crippen molar-refractivity contribution in [3.8, 4) is 0 Å². The third-order valence-electron chi connectivity index (χ3n) is 3.32. The molecule has 0 saturated carbocycles. The van der Waals surface area contributed by atoms with E-state index in [0.29, 0.717) is 0 Å². The molecule has 2 heterocycles. The Morgan fingerprint density at radius 3 is 2.45 bits per heavy atom. The minimum atomic E-state index is -5.02. The Labute approximate surface area is 125 Å². The van der Waals surface area contributed by atoms with Gasteiger partial charge in [0.05, 0.1) is 5.60 Å². The molecule has 120 valence electrons. The van der Waals surface area contributed by atoms with Gasteiger partial charge >= 0.3 is 12.1 Å². The Morgan fingerprint density at radius 1 is 1.32 bits per heavy atom. The van der Waals surface area contributed by atoms with Gasteiger partial charge in [-0.05, 0) is 30.5 Å². The Bertz CT molecular complexity index is 538. The number of carbonyl (C=O) groups is 1. The number of aromatic nitrogens is 1. The van der Waals surface area contributed by atoms with Crippen molar-refractivity contribution in [1.82, 2.24) is 10.0 Å². The van der Waals surface area contributed by atoms with Gasteiger partial charge in [-0.1, -0.05) is 12.2 Å². The van der Waals surface area contributed by atoms with Gasteiger partial charge in [-0.2, -0.15) is 13.2 Å². The van der Waals surface area contributed by atoms with E-state index in [2.05, 4.69) is 9.82 Å². The molecule has 1 fully saturated rings. The summed E-state index contributed by atoms with van der Waals surface area (Å²) in [5.74, 6) is -2.25. The van der Waals surface area contributed by atoms with E-state index >= 15 is 0 Å². The van der Waals surface area contributed by atoms with Crippen LogP contribution in [-0.2, 0) is 9.63 Å². The van der Waals surface area contributed by atoms with Crippen molar-refractivity contribution in [2.24, 2.45) is 0 Å². The predicted octanol–water partition coefficient (Wildman–Crippen LogP) is 1.94. The molecule has 0 aromatic carbocycles. The lowest BCUT2D eigenvalue weighted by Crippen LogP contribution is -2.45. The van der Waals surface area contributed by atoms with Crippen LogP contribution >= 0.6 is 0 Å². The first-order chi connectivity index (χ1) is 10.3. The van der Waals surface area contributed by atoms with E-state index < -0.39 is 17.7 Å². The maximum atomic E-state index is 12.1. The molecule has 1 saturated heterocycles. The van der Waals surface area contributed by atoms with Crippen LogP contribution in [0.4, 0.5) is 13.2 Å². The minimum absolute atomic E-state index is 0.0268. The summed E-state index contributed by atoms with van der Waals surface area (Å²) in [5.41, 5.74) is -0.279. The largest absolute Gasteiger partial charge is 0.492 e. The van der Waals surface area contributed by atoms with E-state index in [9.17, 15) is 23.1 Å². The molecule has 1 aromatic heterocycles. The topological polar surface area (TPSA) is 62.7 Å². The van der Waals surface area contributed by atoms with E-state index in [4.69, 9.17) is 0 Å². The first-order valence-electron chi connectivity index (χ1n) is 6.64. The lowest BCUT2D eigenvalue weighted by atomic mass is 9.91. The van der Waals surface area contributed by atoms with E-state index in [0.717, 1.165) is 10.6 Å². The molecule has 22 heavy (non-hydrogen) atoms. The number of hydrogen-bond donors (Lipinski definition) is 1. The molecule has 0 atom stereocenters. The van der Waals surface area contributed by atoms with Gasteiger partial charge in [-0.25, -0.2) is 4.79 Å². The number of hydrogen-bond acceptors (Lipinski definition) is 5. The molecular formula is C14H15F3N2O3.